The van der Waals surface area contributed by atoms with Crippen LogP contribution in [0.3, 0.4) is 0 Å². The summed E-state index contributed by atoms with van der Waals surface area (Å²) in [6, 6.07) is 11.0. The Kier molecular flexibility index (Phi) is 5.67. The Morgan fingerprint density at radius 2 is 1.67 bits per heavy atom. The van der Waals surface area contributed by atoms with E-state index in [0.717, 1.165) is 17.5 Å². The Morgan fingerprint density at radius 3 is 2.21 bits per heavy atom. The Morgan fingerprint density at radius 1 is 1.04 bits per heavy atom. The van der Waals surface area contributed by atoms with Crippen LogP contribution in [0, 0.1) is 13.8 Å². The maximum absolute atomic E-state index is 12.8. The van der Waals surface area contributed by atoms with Gasteiger partial charge in [0.15, 0.2) is 0 Å². The molecule has 5 heteroatoms. The fourth-order valence-electron chi connectivity index (χ4n) is 2.69. The Labute approximate surface area is 144 Å². The second-order valence-corrected chi connectivity index (χ2v) is 7.64. The van der Waals surface area contributed by atoms with Crippen LogP contribution in [0.5, 0.6) is 5.75 Å². The highest BCUT2D eigenvalue weighted by molar-refractivity contribution is 7.89. The first kappa shape index (κ1) is 18.5. The van der Waals surface area contributed by atoms with Crippen molar-refractivity contribution >= 4 is 10.0 Å². The fourth-order valence-corrected chi connectivity index (χ4v) is 4.22. The molecule has 0 fully saturated rings. The van der Waals surface area contributed by atoms with E-state index in [1.165, 1.54) is 5.56 Å². The number of hydrogen-bond acceptors (Lipinski definition) is 3. The lowest BCUT2D eigenvalue weighted by molar-refractivity contribution is 0.410. The zero-order chi connectivity index (χ0) is 17.9. The molecule has 0 aliphatic rings. The summed E-state index contributed by atoms with van der Waals surface area (Å²) in [6.07, 6.45) is 0.963. The number of ether oxygens (including phenoxy) is 1. The summed E-state index contributed by atoms with van der Waals surface area (Å²) in [5.74, 6) is 0.689. The van der Waals surface area contributed by atoms with Crippen molar-refractivity contribution in [3.8, 4) is 5.75 Å². The molecule has 0 aromatic heterocycles. The summed E-state index contributed by atoms with van der Waals surface area (Å²) in [4.78, 5) is 0.290. The molecule has 0 saturated heterocycles. The minimum atomic E-state index is -3.61. The van der Waals surface area contributed by atoms with Crippen molar-refractivity contribution in [2.45, 2.75) is 45.1 Å². The van der Waals surface area contributed by atoms with Crippen molar-refractivity contribution in [1.82, 2.24) is 4.72 Å². The summed E-state index contributed by atoms with van der Waals surface area (Å²) in [5.41, 5.74) is 3.71. The van der Waals surface area contributed by atoms with Gasteiger partial charge in [0.05, 0.1) is 12.0 Å². The minimum absolute atomic E-state index is 0.290. The van der Waals surface area contributed by atoms with Crippen molar-refractivity contribution in [2.24, 2.45) is 0 Å². The van der Waals surface area contributed by atoms with Gasteiger partial charge < -0.3 is 4.74 Å². The van der Waals surface area contributed by atoms with Gasteiger partial charge in [-0.3, -0.25) is 0 Å². The van der Waals surface area contributed by atoms with Gasteiger partial charge in [0.2, 0.25) is 10.0 Å². The molecule has 130 valence electrons. The number of nitrogens with one attached hydrogen (secondary N) is 1. The number of aryl methyl sites for hydroxylation is 1. The third-order valence-electron chi connectivity index (χ3n) is 4.42. The average Bonchev–Trinajstić information content (AvgIpc) is 2.56. The maximum Gasteiger partial charge on any atom is 0.241 e. The molecule has 4 nitrogen and oxygen atoms in total. The van der Waals surface area contributed by atoms with Crippen molar-refractivity contribution in [2.75, 3.05) is 7.11 Å². The van der Waals surface area contributed by atoms with E-state index in [1.807, 2.05) is 38.1 Å². The molecule has 0 radical (unpaired) electrons. The van der Waals surface area contributed by atoms with E-state index in [9.17, 15) is 8.42 Å². The van der Waals surface area contributed by atoms with Crippen LogP contribution in [-0.4, -0.2) is 15.5 Å². The Bertz CT molecular complexity index is 811. The van der Waals surface area contributed by atoms with E-state index in [1.54, 1.807) is 26.2 Å². The third kappa shape index (κ3) is 3.79. The topological polar surface area (TPSA) is 55.4 Å². The number of benzene rings is 2. The van der Waals surface area contributed by atoms with Gasteiger partial charge in [0.25, 0.3) is 0 Å². The largest absolute Gasteiger partial charge is 0.496 e. The van der Waals surface area contributed by atoms with Gasteiger partial charge in [-0.05, 0) is 61.6 Å². The van der Waals surface area contributed by atoms with Crippen LogP contribution >= 0.6 is 0 Å². The monoisotopic (exact) mass is 347 g/mol. The van der Waals surface area contributed by atoms with Gasteiger partial charge in [-0.25, -0.2) is 13.1 Å². The summed E-state index contributed by atoms with van der Waals surface area (Å²) < 4.78 is 33.5. The Balaban J connectivity index is 2.29. The van der Waals surface area contributed by atoms with Crippen LogP contribution in [0.25, 0.3) is 0 Å². The van der Waals surface area contributed by atoms with Crippen LogP contribution in [0.1, 0.15) is 42.1 Å². The highest BCUT2D eigenvalue weighted by atomic mass is 32.2. The smallest absolute Gasteiger partial charge is 0.241 e. The molecule has 0 unspecified atom stereocenters. The summed E-state index contributed by atoms with van der Waals surface area (Å²) in [6.45, 7) is 7.60. The molecule has 0 saturated carbocycles. The van der Waals surface area contributed by atoms with Crippen LogP contribution < -0.4 is 9.46 Å². The van der Waals surface area contributed by atoms with Gasteiger partial charge in [0.1, 0.15) is 5.75 Å². The van der Waals surface area contributed by atoms with E-state index >= 15 is 0 Å². The normalized spacial score (nSPS) is 12.9. The molecule has 2 aromatic rings. The molecule has 1 atom stereocenters. The van der Waals surface area contributed by atoms with Gasteiger partial charge in [0, 0.05) is 6.04 Å². The molecular formula is C19H25NO3S. The SMILES string of the molecule is CCc1ccc([C@@H](C)NS(=O)(=O)c2ccc(OC)c(C)c2C)cc1. The molecule has 0 heterocycles. The van der Waals surface area contributed by atoms with Crippen LogP contribution in [0.2, 0.25) is 0 Å². The lowest BCUT2D eigenvalue weighted by Gasteiger charge is -2.18. The molecule has 2 rings (SSSR count). The molecule has 24 heavy (non-hydrogen) atoms. The van der Waals surface area contributed by atoms with Crippen molar-refractivity contribution < 1.29 is 13.2 Å². The van der Waals surface area contributed by atoms with Crippen molar-refractivity contribution in [3.05, 3.63) is 58.7 Å². The van der Waals surface area contributed by atoms with E-state index in [4.69, 9.17) is 4.74 Å². The number of sulfonamides is 1. The molecule has 0 amide bonds. The zero-order valence-electron chi connectivity index (χ0n) is 14.9. The lowest BCUT2D eigenvalue weighted by Crippen LogP contribution is -2.27. The van der Waals surface area contributed by atoms with Gasteiger partial charge in [-0.2, -0.15) is 0 Å². The molecule has 0 bridgehead atoms. The maximum atomic E-state index is 12.8. The molecule has 0 aliphatic heterocycles. The van der Waals surface area contributed by atoms with Gasteiger partial charge in [-0.15, -0.1) is 0 Å². The van der Waals surface area contributed by atoms with E-state index in [-0.39, 0.29) is 10.9 Å². The van der Waals surface area contributed by atoms with E-state index in [2.05, 4.69) is 11.6 Å². The standard InChI is InChI=1S/C19H25NO3S/c1-6-16-7-9-17(10-8-16)15(4)20-24(21,22)19-12-11-18(23-5)13(2)14(19)3/h7-12,15,20H,6H2,1-5H3/t15-/m1/s1. The first-order chi connectivity index (χ1) is 11.3. The van der Waals surface area contributed by atoms with E-state index in [0.29, 0.717) is 11.3 Å². The van der Waals surface area contributed by atoms with Crippen LogP contribution in [0.4, 0.5) is 0 Å². The molecule has 2 aromatic carbocycles. The quantitative estimate of drug-likeness (QED) is 0.862. The van der Waals surface area contributed by atoms with Crippen LogP contribution in [-0.2, 0) is 16.4 Å². The predicted molar refractivity (Wildman–Crippen MR) is 97.0 cm³/mol. The predicted octanol–water partition coefficient (Wildman–Crippen LogP) is 3.91. The molecular weight excluding hydrogens is 322 g/mol. The third-order valence-corrected chi connectivity index (χ3v) is 6.10. The second kappa shape index (κ2) is 7.36. The number of hydrogen-bond donors (Lipinski definition) is 1. The van der Waals surface area contributed by atoms with E-state index < -0.39 is 10.0 Å². The molecule has 0 aliphatic carbocycles. The second-order valence-electron chi connectivity index (χ2n) is 5.95. The Hall–Kier alpha value is -1.85. The zero-order valence-corrected chi connectivity index (χ0v) is 15.7. The van der Waals surface area contributed by atoms with Crippen LogP contribution in [0.15, 0.2) is 41.3 Å². The van der Waals surface area contributed by atoms with Gasteiger partial charge >= 0.3 is 0 Å². The highest BCUT2D eigenvalue weighted by Crippen LogP contribution is 2.27. The highest BCUT2D eigenvalue weighted by Gasteiger charge is 2.22. The average molecular weight is 347 g/mol. The fraction of sp³-hybridized carbons (Fsp3) is 0.368. The van der Waals surface area contributed by atoms with Crippen molar-refractivity contribution in [1.29, 1.82) is 0 Å². The summed E-state index contributed by atoms with van der Waals surface area (Å²) >= 11 is 0. The number of methoxy groups -OCH3 is 1. The summed E-state index contributed by atoms with van der Waals surface area (Å²) in [7, 11) is -2.03. The molecule has 0 spiro atoms. The lowest BCUT2D eigenvalue weighted by atomic mass is 10.1. The number of rotatable bonds is 6. The summed E-state index contributed by atoms with van der Waals surface area (Å²) in [5, 5.41) is 0. The van der Waals surface area contributed by atoms with Gasteiger partial charge in [-0.1, -0.05) is 31.2 Å². The first-order valence-corrected chi connectivity index (χ1v) is 9.53. The molecule has 1 N–H and O–H groups in total. The first-order valence-electron chi connectivity index (χ1n) is 8.05. The van der Waals surface area contributed by atoms with Crippen molar-refractivity contribution in [3.63, 3.8) is 0 Å². The minimum Gasteiger partial charge on any atom is -0.496 e.